The van der Waals surface area contributed by atoms with Gasteiger partial charge in [0, 0.05) is 11.3 Å². The summed E-state index contributed by atoms with van der Waals surface area (Å²) in [6, 6.07) is 0. The topological polar surface area (TPSA) is 26.0 Å². The van der Waals surface area contributed by atoms with Crippen molar-refractivity contribution >= 4 is 0 Å². The highest BCUT2D eigenvalue weighted by molar-refractivity contribution is 5.52. The van der Waals surface area contributed by atoms with Gasteiger partial charge in [-0.05, 0) is 25.5 Å². The molecule has 2 N–H and O–H groups in total. The molecule has 0 fully saturated rings. The van der Waals surface area contributed by atoms with Crippen molar-refractivity contribution in [2.75, 3.05) is 0 Å². The molecule has 0 unspecified atom stereocenters. The van der Waals surface area contributed by atoms with E-state index in [-0.39, 0.29) is 0 Å². The lowest BCUT2D eigenvalue weighted by Gasteiger charge is -2.07. The average molecular weight is 292 g/mol. The van der Waals surface area contributed by atoms with E-state index < -0.39 is 0 Å². The predicted molar refractivity (Wildman–Crippen MR) is 103 cm³/mol. The van der Waals surface area contributed by atoms with E-state index in [1.54, 1.807) is 18.2 Å². The fraction of sp³-hybridized carbons (Fsp3) is 0.400. The van der Waals surface area contributed by atoms with E-state index in [4.69, 9.17) is 5.73 Å². The molecule has 0 bridgehead atoms. The van der Waals surface area contributed by atoms with Gasteiger partial charge in [0.2, 0.25) is 0 Å². The van der Waals surface area contributed by atoms with Gasteiger partial charge in [-0.3, -0.25) is 0 Å². The molecule has 0 aromatic heterocycles. The second-order valence-corrected chi connectivity index (χ2v) is 2.92. The van der Waals surface area contributed by atoms with Gasteiger partial charge in [-0.15, -0.1) is 0 Å². The average Bonchev–Trinajstić information content (AvgIpc) is 2.54. The monoisotopic (exact) mass is 291 g/mol. The Morgan fingerprint density at radius 1 is 0.810 bits per heavy atom. The molecular weight excluding hydrogens is 254 g/mol. The normalized spacial score (nSPS) is 11.1. The van der Waals surface area contributed by atoms with Crippen molar-refractivity contribution in [1.29, 1.82) is 0 Å². The highest BCUT2D eigenvalue weighted by Gasteiger charge is 2.02. The maximum absolute atomic E-state index is 5.91. The Morgan fingerprint density at radius 3 is 1.52 bits per heavy atom. The van der Waals surface area contributed by atoms with Gasteiger partial charge in [-0.1, -0.05) is 91.2 Å². The third-order valence-electron chi connectivity index (χ3n) is 1.85. The van der Waals surface area contributed by atoms with Crippen LogP contribution >= 0.6 is 0 Å². The number of nitrogens with two attached hydrogens (primary N) is 1. The second-order valence-electron chi connectivity index (χ2n) is 2.92. The summed E-state index contributed by atoms with van der Waals surface area (Å²) in [7, 11) is 0. The van der Waals surface area contributed by atoms with Crippen molar-refractivity contribution in [3.63, 3.8) is 0 Å². The lowest BCUT2D eigenvalue weighted by Crippen LogP contribution is -2.02. The summed E-state index contributed by atoms with van der Waals surface area (Å²) in [4.78, 5) is 0. The van der Waals surface area contributed by atoms with E-state index in [9.17, 15) is 0 Å². The van der Waals surface area contributed by atoms with Gasteiger partial charge in [-0.25, -0.2) is 0 Å². The largest absolute Gasteiger partial charge is 0.398 e. The zero-order valence-electron chi connectivity index (χ0n) is 15.5. The maximum atomic E-state index is 5.91. The first-order valence-corrected chi connectivity index (χ1v) is 7.91. The summed E-state index contributed by atoms with van der Waals surface area (Å²) in [5, 5.41) is 0. The Bertz CT molecular complexity index is 339. The number of rotatable bonds is 5. The van der Waals surface area contributed by atoms with Gasteiger partial charge in [-0.2, -0.15) is 0 Å². The van der Waals surface area contributed by atoms with E-state index in [2.05, 4.69) is 13.2 Å². The van der Waals surface area contributed by atoms with E-state index >= 15 is 0 Å². The standard InChI is InChI=1S/C14H19N.3C2H6/c1-5-9-12(10-6-2)13(8-4)14(15)11-7-3;3*1-2/h5-11H,1,3,15H2,2,4H3;3*1-2H3/b10-6-,12-9+,13-8-,14-11+;;;. The van der Waals surface area contributed by atoms with Crippen molar-refractivity contribution in [3.05, 3.63) is 72.5 Å². The first-order valence-electron chi connectivity index (χ1n) is 7.91. The molecule has 0 saturated carbocycles. The molecular formula is C20H37N. The van der Waals surface area contributed by atoms with Crippen molar-refractivity contribution < 1.29 is 0 Å². The van der Waals surface area contributed by atoms with Crippen LogP contribution in [0.2, 0.25) is 0 Å². The molecule has 0 atom stereocenters. The molecule has 1 nitrogen and oxygen atoms in total. The summed E-state index contributed by atoms with van der Waals surface area (Å²) in [6.45, 7) is 23.2. The first kappa shape index (κ1) is 27.6. The van der Waals surface area contributed by atoms with E-state index in [1.807, 2.05) is 79.7 Å². The Kier molecular flexibility index (Phi) is 35.1. The molecule has 0 aromatic rings. The van der Waals surface area contributed by atoms with Crippen LogP contribution in [0.3, 0.4) is 0 Å². The van der Waals surface area contributed by atoms with Crippen molar-refractivity contribution in [3.8, 4) is 0 Å². The Balaban J connectivity index is -0.000000212. The van der Waals surface area contributed by atoms with Crippen LogP contribution in [0.4, 0.5) is 0 Å². The van der Waals surface area contributed by atoms with E-state index in [0.29, 0.717) is 5.70 Å². The van der Waals surface area contributed by atoms with E-state index in [1.165, 1.54) is 0 Å². The summed E-state index contributed by atoms with van der Waals surface area (Å²) >= 11 is 0. The van der Waals surface area contributed by atoms with Crippen LogP contribution in [-0.4, -0.2) is 0 Å². The molecule has 0 rings (SSSR count). The van der Waals surface area contributed by atoms with E-state index in [0.717, 1.165) is 11.1 Å². The van der Waals surface area contributed by atoms with Crippen molar-refractivity contribution in [2.24, 2.45) is 5.73 Å². The van der Waals surface area contributed by atoms with Crippen molar-refractivity contribution in [1.82, 2.24) is 0 Å². The molecule has 0 saturated heterocycles. The summed E-state index contributed by atoms with van der Waals surface area (Å²) in [5.74, 6) is 0. The van der Waals surface area contributed by atoms with Gasteiger partial charge < -0.3 is 5.73 Å². The van der Waals surface area contributed by atoms with Crippen LogP contribution in [0.15, 0.2) is 72.5 Å². The van der Waals surface area contributed by atoms with Gasteiger partial charge >= 0.3 is 0 Å². The van der Waals surface area contributed by atoms with Crippen LogP contribution in [0, 0.1) is 0 Å². The molecule has 0 radical (unpaired) electrons. The fourth-order valence-corrected chi connectivity index (χ4v) is 1.26. The summed E-state index contributed by atoms with van der Waals surface area (Å²) < 4.78 is 0. The third kappa shape index (κ3) is 16.2. The lowest BCUT2D eigenvalue weighted by atomic mass is 10.0. The van der Waals surface area contributed by atoms with Crippen LogP contribution in [0.25, 0.3) is 0 Å². The molecule has 122 valence electrons. The van der Waals surface area contributed by atoms with Crippen molar-refractivity contribution in [2.45, 2.75) is 55.4 Å². The zero-order valence-corrected chi connectivity index (χ0v) is 15.5. The van der Waals surface area contributed by atoms with Crippen LogP contribution in [0.5, 0.6) is 0 Å². The number of hydrogen-bond acceptors (Lipinski definition) is 1. The van der Waals surface area contributed by atoms with Gasteiger partial charge in [0.1, 0.15) is 0 Å². The lowest BCUT2D eigenvalue weighted by molar-refractivity contribution is 1.30. The molecule has 0 aliphatic carbocycles. The molecule has 21 heavy (non-hydrogen) atoms. The highest BCUT2D eigenvalue weighted by Crippen LogP contribution is 2.17. The molecule has 0 aromatic carbocycles. The summed E-state index contributed by atoms with van der Waals surface area (Å²) in [5.41, 5.74) is 8.66. The molecule has 0 aliphatic heterocycles. The molecule has 0 amide bonds. The minimum Gasteiger partial charge on any atom is -0.398 e. The molecule has 0 aliphatic rings. The van der Waals surface area contributed by atoms with Gasteiger partial charge in [0.25, 0.3) is 0 Å². The summed E-state index contributed by atoms with van der Waals surface area (Å²) in [6.07, 6.45) is 13.1. The quantitative estimate of drug-likeness (QED) is 0.558. The van der Waals surface area contributed by atoms with Gasteiger partial charge in [0.15, 0.2) is 0 Å². The van der Waals surface area contributed by atoms with Crippen LogP contribution < -0.4 is 5.73 Å². The smallest absolute Gasteiger partial charge is 0.0390 e. The first-order chi connectivity index (χ1) is 10.2. The number of hydrogen-bond donors (Lipinski definition) is 1. The molecule has 1 heteroatoms. The SMILES string of the molecule is C=C\C=C(N)/C(=C\C)C(/C=C\C)=C/C=C.CC.CC.CC. The fourth-order valence-electron chi connectivity index (χ4n) is 1.26. The Labute approximate surface area is 134 Å². The predicted octanol–water partition coefficient (Wildman–Crippen LogP) is 6.73. The zero-order chi connectivity index (χ0) is 17.7. The minimum absolute atomic E-state index is 0.707. The molecule has 0 heterocycles. The van der Waals surface area contributed by atoms with Gasteiger partial charge in [0.05, 0.1) is 0 Å². The van der Waals surface area contributed by atoms with Crippen LogP contribution in [-0.2, 0) is 0 Å². The molecule has 0 spiro atoms. The van der Waals surface area contributed by atoms with Crippen LogP contribution in [0.1, 0.15) is 55.4 Å². The third-order valence-corrected chi connectivity index (χ3v) is 1.85. The number of allylic oxidation sites excluding steroid dienone is 8. The minimum atomic E-state index is 0.707. The Morgan fingerprint density at radius 2 is 1.24 bits per heavy atom. The maximum Gasteiger partial charge on any atom is 0.0390 e. The highest BCUT2D eigenvalue weighted by atomic mass is 14.6. The second kappa shape index (κ2) is 26.7. The Hall–Kier alpha value is -1.76.